The van der Waals surface area contributed by atoms with E-state index in [4.69, 9.17) is 18.5 Å². The minimum atomic E-state index is -4.29. The lowest BCUT2D eigenvalue weighted by molar-refractivity contribution is -0.870. The highest BCUT2D eigenvalue weighted by Crippen LogP contribution is 2.43. The lowest BCUT2D eigenvalue weighted by atomic mass is 10.1. The zero-order chi connectivity index (χ0) is 42.0. The number of nitrogens with zero attached hydrogens (tertiary/aromatic N) is 1. The molecule has 2 atom stereocenters. The lowest BCUT2D eigenvalue weighted by Gasteiger charge is -2.24. The van der Waals surface area contributed by atoms with Crippen LogP contribution >= 0.6 is 7.82 Å². The zero-order valence-corrected chi connectivity index (χ0v) is 38.2. The van der Waals surface area contributed by atoms with Crippen molar-refractivity contribution in [1.29, 1.82) is 0 Å². The monoisotopic (exact) mass is 821 g/mol. The van der Waals surface area contributed by atoms with Gasteiger partial charge in [0.1, 0.15) is 19.3 Å². The summed E-state index contributed by atoms with van der Waals surface area (Å²) in [6.07, 6.45) is 52.3. The molecule has 0 aliphatic carbocycles. The quantitative estimate of drug-likeness (QED) is 0.0216. The molecule has 9 heteroatoms. The van der Waals surface area contributed by atoms with Crippen LogP contribution in [0.15, 0.2) is 72.9 Å². The smallest absolute Gasteiger partial charge is 0.457 e. The van der Waals surface area contributed by atoms with Crippen LogP contribution in [-0.2, 0) is 27.9 Å². The second-order valence-electron chi connectivity index (χ2n) is 16.0. The van der Waals surface area contributed by atoms with Gasteiger partial charge >= 0.3 is 13.8 Å². The van der Waals surface area contributed by atoms with Gasteiger partial charge in [0.15, 0.2) is 0 Å². The minimum absolute atomic E-state index is 0.0759. The number of likely N-dealkylation sites (N-methyl/N-ethyl adjacent to an activating group) is 1. The Labute approximate surface area is 351 Å². The standard InChI is InChI=1S/C48H86NO7P/c1-6-8-10-12-14-16-18-20-22-24-26-28-30-32-34-36-38-40-43-53-45-47(46-55-57(51,52)54-44-42-49(3,4)5)56-48(50)41-39-37-35-33-31-29-27-25-23-21-19-17-15-13-11-9-7-2/h8,10,14,16,20-23,26,28,32,34,47H,6-7,9,11-13,15,17-19,24-25,27,29-31,33,35-46H2,1-5H3/p+1/b10-8-,16-14-,22-20-,23-21-,28-26-,34-32-. The van der Waals surface area contributed by atoms with Crippen molar-refractivity contribution < 1.29 is 37.3 Å². The molecular weight excluding hydrogens is 734 g/mol. The highest BCUT2D eigenvalue weighted by molar-refractivity contribution is 7.47. The van der Waals surface area contributed by atoms with Gasteiger partial charge < -0.3 is 18.9 Å². The Morgan fingerprint density at radius 1 is 0.561 bits per heavy atom. The number of phosphoric acid groups is 1. The van der Waals surface area contributed by atoms with Crippen molar-refractivity contribution in [1.82, 2.24) is 0 Å². The fourth-order valence-electron chi connectivity index (χ4n) is 5.75. The minimum Gasteiger partial charge on any atom is -0.457 e. The molecular formula is C48H87NO7P+. The zero-order valence-electron chi connectivity index (χ0n) is 37.3. The summed E-state index contributed by atoms with van der Waals surface area (Å²) < 4.78 is 35.0. The lowest BCUT2D eigenvalue weighted by Crippen LogP contribution is -2.37. The second-order valence-corrected chi connectivity index (χ2v) is 17.5. The highest BCUT2D eigenvalue weighted by atomic mass is 31.2. The van der Waals surface area contributed by atoms with E-state index >= 15 is 0 Å². The number of phosphoric ester groups is 1. The van der Waals surface area contributed by atoms with Crippen LogP contribution in [0.25, 0.3) is 0 Å². The summed E-state index contributed by atoms with van der Waals surface area (Å²) in [6, 6.07) is 0. The van der Waals surface area contributed by atoms with Crippen molar-refractivity contribution in [2.45, 2.75) is 174 Å². The number of allylic oxidation sites excluding steroid dienone is 12. The maximum atomic E-state index is 12.7. The summed E-state index contributed by atoms with van der Waals surface area (Å²) in [5.41, 5.74) is 0. The Morgan fingerprint density at radius 3 is 1.54 bits per heavy atom. The topological polar surface area (TPSA) is 91.3 Å². The molecule has 0 rings (SSSR count). The van der Waals surface area contributed by atoms with Gasteiger partial charge in [-0.3, -0.25) is 13.8 Å². The van der Waals surface area contributed by atoms with E-state index in [1.54, 1.807) is 0 Å². The molecule has 0 heterocycles. The third kappa shape index (κ3) is 44.9. The number of unbranched alkanes of at least 4 members (excludes halogenated alkanes) is 15. The molecule has 8 nitrogen and oxygen atoms in total. The van der Waals surface area contributed by atoms with E-state index < -0.39 is 13.9 Å². The number of quaternary nitrogens is 1. The number of hydrogen-bond acceptors (Lipinski definition) is 6. The summed E-state index contributed by atoms with van der Waals surface area (Å²) in [5.74, 6) is -0.336. The molecule has 0 saturated heterocycles. The van der Waals surface area contributed by atoms with E-state index in [1.807, 2.05) is 21.1 Å². The summed E-state index contributed by atoms with van der Waals surface area (Å²) >= 11 is 0. The third-order valence-electron chi connectivity index (χ3n) is 9.25. The molecule has 0 amide bonds. The number of carbonyl (C=O) groups excluding carboxylic acids is 1. The Balaban J connectivity index is 4.32. The SMILES string of the molecule is CC/C=C\C/C=C\C/C=C\C/C=C\C/C=C\CCCCOCC(COP(=O)(O)OCC[N+](C)(C)C)OC(=O)CCCCCCCCC/C=C\CCCCCCCC. The first kappa shape index (κ1) is 54.9. The van der Waals surface area contributed by atoms with Crippen molar-refractivity contribution in [2.24, 2.45) is 0 Å². The first-order valence-electron chi connectivity index (χ1n) is 22.7. The van der Waals surface area contributed by atoms with Crippen LogP contribution in [0.4, 0.5) is 0 Å². The van der Waals surface area contributed by atoms with Crippen molar-refractivity contribution in [3.63, 3.8) is 0 Å². The van der Waals surface area contributed by atoms with Gasteiger partial charge in [-0.2, -0.15) is 0 Å². The van der Waals surface area contributed by atoms with Gasteiger partial charge in [-0.25, -0.2) is 4.57 Å². The van der Waals surface area contributed by atoms with Crippen LogP contribution in [0.2, 0.25) is 0 Å². The number of ether oxygens (including phenoxy) is 2. The molecule has 0 aromatic carbocycles. The van der Waals surface area contributed by atoms with Crippen LogP contribution in [0.5, 0.6) is 0 Å². The molecule has 0 saturated carbocycles. The van der Waals surface area contributed by atoms with E-state index in [1.165, 1.54) is 77.0 Å². The van der Waals surface area contributed by atoms with Crippen LogP contribution < -0.4 is 0 Å². The maximum absolute atomic E-state index is 12.7. The van der Waals surface area contributed by atoms with E-state index in [-0.39, 0.29) is 25.8 Å². The van der Waals surface area contributed by atoms with E-state index in [9.17, 15) is 14.3 Å². The van der Waals surface area contributed by atoms with Crippen molar-refractivity contribution >= 4 is 13.8 Å². The van der Waals surface area contributed by atoms with Crippen LogP contribution in [0.1, 0.15) is 168 Å². The van der Waals surface area contributed by atoms with Crippen LogP contribution in [0.3, 0.4) is 0 Å². The van der Waals surface area contributed by atoms with E-state index in [0.717, 1.165) is 70.6 Å². The van der Waals surface area contributed by atoms with Gasteiger partial charge in [-0.15, -0.1) is 0 Å². The van der Waals surface area contributed by atoms with Crippen molar-refractivity contribution in [3.8, 4) is 0 Å². The second kappa shape index (κ2) is 40.7. The summed E-state index contributed by atoms with van der Waals surface area (Å²) in [4.78, 5) is 22.9. The molecule has 1 N–H and O–H groups in total. The fraction of sp³-hybridized carbons (Fsp3) is 0.729. The number of hydrogen-bond donors (Lipinski definition) is 1. The molecule has 57 heavy (non-hydrogen) atoms. The molecule has 330 valence electrons. The largest absolute Gasteiger partial charge is 0.472 e. The average Bonchev–Trinajstić information content (AvgIpc) is 3.16. The molecule has 0 aliphatic heterocycles. The van der Waals surface area contributed by atoms with Gasteiger partial charge in [-0.05, 0) is 83.5 Å². The average molecular weight is 821 g/mol. The molecule has 0 fully saturated rings. The number of rotatable bonds is 41. The molecule has 2 unspecified atom stereocenters. The summed E-state index contributed by atoms with van der Waals surface area (Å²) in [5, 5.41) is 0. The van der Waals surface area contributed by atoms with Gasteiger partial charge in [-0.1, -0.05) is 151 Å². The third-order valence-corrected chi connectivity index (χ3v) is 10.2. The molecule has 0 bridgehead atoms. The normalized spacial score (nSPS) is 14.4. The molecule has 0 radical (unpaired) electrons. The highest BCUT2D eigenvalue weighted by Gasteiger charge is 2.26. The van der Waals surface area contributed by atoms with Gasteiger partial charge in [0, 0.05) is 13.0 Å². The van der Waals surface area contributed by atoms with E-state index in [2.05, 4.69) is 86.8 Å². The molecule has 0 aromatic rings. The Bertz CT molecular complexity index is 1140. The first-order chi connectivity index (χ1) is 27.6. The number of carbonyl (C=O) groups is 1. The Hall–Kier alpha value is -2.06. The molecule has 0 aliphatic rings. The molecule has 0 aromatic heterocycles. The van der Waals surface area contributed by atoms with Gasteiger partial charge in [0.2, 0.25) is 0 Å². The predicted molar refractivity (Wildman–Crippen MR) is 242 cm³/mol. The van der Waals surface area contributed by atoms with Crippen molar-refractivity contribution in [2.75, 3.05) is 54.1 Å². The summed E-state index contributed by atoms with van der Waals surface area (Å²) in [7, 11) is 1.63. The Morgan fingerprint density at radius 2 is 1.02 bits per heavy atom. The predicted octanol–water partition coefficient (Wildman–Crippen LogP) is 13.5. The Kier molecular flexibility index (Phi) is 39.2. The summed E-state index contributed by atoms with van der Waals surface area (Å²) in [6.45, 7) is 5.37. The fourth-order valence-corrected chi connectivity index (χ4v) is 6.49. The molecule has 0 spiro atoms. The van der Waals surface area contributed by atoms with Crippen LogP contribution in [-0.4, -0.2) is 75.6 Å². The van der Waals surface area contributed by atoms with Crippen molar-refractivity contribution in [3.05, 3.63) is 72.9 Å². The first-order valence-corrected chi connectivity index (χ1v) is 24.2. The van der Waals surface area contributed by atoms with Gasteiger partial charge in [0.25, 0.3) is 0 Å². The van der Waals surface area contributed by atoms with Gasteiger partial charge in [0.05, 0.1) is 34.4 Å². The van der Waals surface area contributed by atoms with Crippen LogP contribution in [0, 0.1) is 0 Å². The maximum Gasteiger partial charge on any atom is 0.472 e. The number of esters is 1. The van der Waals surface area contributed by atoms with E-state index in [0.29, 0.717) is 24.1 Å².